The van der Waals surface area contributed by atoms with Gasteiger partial charge in [0.2, 0.25) is 10.0 Å². The summed E-state index contributed by atoms with van der Waals surface area (Å²) in [6, 6.07) is 2.12. The smallest absolute Gasteiger partial charge is 0.480 e. The highest BCUT2D eigenvalue weighted by atomic mass is 32.2. The fraction of sp³-hybridized carbons (Fsp3) is 0.500. The maximum atomic E-state index is 12.2. The van der Waals surface area contributed by atoms with E-state index in [9.17, 15) is 31.5 Å². The van der Waals surface area contributed by atoms with Gasteiger partial charge in [-0.15, -0.1) is 13.2 Å². The number of benzene rings is 1. The Hall–Kier alpha value is -1.85. The van der Waals surface area contributed by atoms with E-state index in [2.05, 4.69) is 9.46 Å². The first-order chi connectivity index (χ1) is 11.6. The minimum Gasteiger partial charge on any atom is -0.480 e. The first kappa shape index (κ1) is 19.5. The van der Waals surface area contributed by atoms with Gasteiger partial charge in [0.05, 0.1) is 4.90 Å². The molecule has 0 spiro atoms. The van der Waals surface area contributed by atoms with E-state index in [-0.39, 0.29) is 17.2 Å². The number of sulfonamides is 1. The SMILES string of the molecule is O=C(O)[C@H](C[C@H]1CCOC1)NS(=O)(=O)c1ccc(OC(F)(F)F)cc1. The van der Waals surface area contributed by atoms with Gasteiger partial charge >= 0.3 is 12.3 Å². The van der Waals surface area contributed by atoms with Crippen LogP contribution in [0, 0.1) is 5.92 Å². The number of carboxylic acids is 1. The molecule has 1 aliphatic heterocycles. The van der Waals surface area contributed by atoms with E-state index in [1.54, 1.807) is 0 Å². The van der Waals surface area contributed by atoms with Crippen LogP contribution in [-0.4, -0.2) is 45.1 Å². The van der Waals surface area contributed by atoms with Crippen molar-refractivity contribution >= 4 is 16.0 Å². The monoisotopic (exact) mass is 383 g/mol. The van der Waals surface area contributed by atoms with Crippen molar-refractivity contribution in [1.29, 1.82) is 0 Å². The zero-order valence-electron chi connectivity index (χ0n) is 12.8. The maximum Gasteiger partial charge on any atom is 0.573 e. The Labute approximate surface area is 141 Å². The summed E-state index contributed by atoms with van der Waals surface area (Å²) in [5.41, 5.74) is 0. The summed E-state index contributed by atoms with van der Waals surface area (Å²) < 4.78 is 71.6. The van der Waals surface area contributed by atoms with Crippen molar-refractivity contribution < 1.29 is 41.0 Å². The molecular formula is C14H16F3NO6S. The molecule has 1 aromatic carbocycles. The van der Waals surface area contributed by atoms with Gasteiger partial charge in [-0.2, -0.15) is 4.72 Å². The van der Waals surface area contributed by atoms with Crippen molar-refractivity contribution in [3.63, 3.8) is 0 Å². The number of nitrogens with one attached hydrogen (secondary N) is 1. The lowest BCUT2D eigenvalue weighted by Crippen LogP contribution is -2.42. The van der Waals surface area contributed by atoms with Crippen molar-refractivity contribution in [3.8, 4) is 5.75 Å². The summed E-state index contributed by atoms with van der Waals surface area (Å²) in [4.78, 5) is 10.9. The van der Waals surface area contributed by atoms with Crippen LogP contribution < -0.4 is 9.46 Å². The average molecular weight is 383 g/mol. The summed E-state index contributed by atoms with van der Waals surface area (Å²) in [7, 11) is -4.22. The first-order valence-corrected chi connectivity index (χ1v) is 8.74. The van der Waals surface area contributed by atoms with E-state index in [1.807, 2.05) is 0 Å². The van der Waals surface area contributed by atoms with Gasteiger partial charge in [-0.3, -0.25) is 4.79 Å². The molecule has 0 aliphatic carbocycles. The van der Waals surface area contributed by atoms with Crippen LogP contribution in [-0.2, 0) is 19.6 Å². The molecule has 1 aliphatic rings. The number of aliphatic carboxylic acids is 1. The van der Waals surface area contributed by atoms with Gasteiger partial charge < -0.3 is 14.6 Å². The predicted molar refractivity (Wildman–Crippen MR) is 78.4 cm³/mol. The van der Waals surface area contributed by atoms with Crippen molar-refractivity contribution in [2.45, 2.75) is 30.1 Å². The quantitative estimate of drug-likeness (QED) is 0.744. The number of rotatable bonds is 7. The number of ether oxygens (including phenoxy) is 2. The number of hydrogen-bond donors (Lipinski definition) is 2. The lowest BCUT2D eigenvalue weighted by molar-refractivity contribution is -0.274. The average Bonchev–Trinajstić information content (AvgIpc) is 2.98. The lowest BCUT2D eigenvalue weighted by atomic mass is 10.00. The van der Waals surface area contributed by atoms with Crippen molar-refractivity contribution in [2.24, 2.45) is 5.92 Å². The zero-order chi connectivity index (χ0) is 18.7. The molecule has 2 N–H and O–H groups in total. The van der Waals surface area contributed by atoms with Gasteiger partial charge in [-0.25, -0.2) is 8.42 Å². The van der Waals surface area contributed by atoms with Gasteiger partial charge in [0.15, 0.2) is 0 Å². The van der Waals surface area contributed by atoms with Crippen molar-refractivity contribution in [1.82, 2.24) is 4.72 Å². The van der Waals surface area contributed by atoms with E-state index >= 15 is 0 Å². The molecule has 7 nitrogen and oxygen atoms in total. The molecule has 1 heterocycles. The zero-order valence-corrected chi connectivity index (χ0v) is 13.6. The highest BCUT2D eigenvalue weighted by molar-refractivity contribution is 7.89. The molecule has 11 heteroatoms. The first-order valence-electron chi connectivity index (χ1n) is 7.25. The third-order valence-electron chi connectivity index (χ3n) is 3.56. The number of carboxylic acid groups (broad SMARTS) is 1. The van der Waals surface area contributed by atoms with Crippen LogP contribution in [0.15, 0.2) is 29.2 Å². The minimum absolute atomic E-state index is 0.0594. The molecule has 25 heavy (non-hydrogen) atoms. The third-order valence-corrected chi connectivity index (χ3v) is 5.04. The van der Waals surface area contributed by atoms with Crippen LogP contribution in [0.2, 0.25) is 0 Å². The Bertz CT molecular complexity index is 698. The second kappa shape index (κ2) is 7.58. The topological polar surface area (TPSA) is 102 Å². The standard InChI is InChI=1S/C14H16F3NO6S/c15-14(16,17)24-10-1-3-11(4-2-10)25(21,22)18-12(13(19)20)7-9-5-6-23-8-9/h1-4,9,12,18H,5-8H2,(H,19,20)/t9-,12+/m1/s1. The van der Waals surface area contributed by atoms with Gasteiger partial charge in [0.1, 0.15) is 11.8 Å². The molecule has 0 bridgehead atoms. The van der Waals surface area contributed by atoms with Gasteiger partial charge in [0, 0.05) is 13.2 Å². The Kier molecular flexibility index (Phi) is 5.91. The van der Waals surface area contributed by atoms with E-state index in [4.69, 9.17) is 4.74 Å². The van der Waals surface area contributed by atoms with E-state index in [1.165, 1.54) is 0 Å². The van der Waals surface area contributed by atoms with Gasteiger partial charge in [0.25, 0.3) is 0 Å². The normalized spacial score (nSPS) is 19.6. The number of hydrogen-bond acceptors (Lipinski definition) is 5. The highest BCUT2D eigenvalue weighted by Crippen LogP contribution is 2.24. The van der Waals surface area contributed by atoms with Crippen molar-refractivity contribution in [3.05, 3.63) is 24.3 Å². The summed E-state index contributed by atoms with van der Waals surface area (Å²) in [5.74, 6) is -2.00. The Balaban J connectivity index is 2.09. The second-order valence-electron chi connectivity index (χ2n) is 5.50. The minimum atomic E-state index is -4.89. The molecule has 0 aromatic heterocycles. The number of alkyl halides is 3. The number of halogens is 3. The molecule has 0 unspecified atom stereocenters. The summed E-state index contributed by atoms with van der Waals surface area (Å²) >= 11 is 0. The summed E-state index contributed by atoms with van der Waals surface area (Å²) in [6.45, 7) is 0.847. The van der Waals surface area contributed by atoms with Crippen molar-refractivity contribution in [2.75, 3.05) is 13.2 Å². The molecule has 2 atom stereocenters. The van der Waals surface area contributed by atoms with Gasteiger partial charge in [-0.05, 0) is 43.0 Å². The fourth-order valence-electron chi connectivity index (χ4n) is 2.38. The molecule has 140 valence electrons. The fourth-order valence-corrected chi connectivity index (χ4v) is 3.58. The lowest BCUT2D eigenvalue weighted by Gasteiger charge is -2.17. The Morgan fingerprint density at radius 3 is 2.48 bits per heavy atom. The molecule has 0 radical (unpaired) electrons. The second-order valence-corrected chi connectivity index (χ2v) is 7.21. The maximum absolute atomic E-state index is 12.2. The largest absolute Gasteiger partial charge is 0.573 e. The van der Waals surface area contributed by atoms with E-state index in [0.717, 1.165) is 24.3 Å². The molecule has 0 amide bonds. The van der Waals surface area contributed by atoms with Crippen LogP contribution >= 0.6 is 0 Å². The number of carbonyl (C=O) groups is 1. The summed E-state index contributed by atoms with van der Waals surface area (Å²) in [6.07, 6.45) is -4.20. The molecule has 1 saturated heterocycles. The third kappa shape index (κ3) is 5.87. The Morgan fingerprint density at radius 1 is 1.36 bits per heavy atom. The molecule has 1 fully saturated rings. The molecule has 1 aromatic rings. The predicted octanol–water partition coefficient (Wildman–Crippen LogP) is 1.74. The van der Waals surface area contributed by atoms with Gasteiger partial charge in [-0.1, -0.05) is 0 Å². The molecule has 0 saturated carbocycles. The molecular weight excluding hydrogens is 367 g/mol. The van der Waals surface area contributed by atoms with E-state index in [0.29, 0.717) is 19.6 Å². The van der Waals surface area contributed by atoms with Crippen LogP contribution in [0.25, 0.3) is 0 Å². The van der Waals surface area contributed by atoms with Crippen LogP contribution in [0.3, 0.4) is 0 Å². The molecule has 2 rings (SSSR count). The van der Waals surface area contributed by atoms with Crippen LogP contribution in [0.4, 0.5) is 13.2 Å². The highest BCUT2D eigenvalue weighted by Gasteiger charge is 2.32. The summed E-state index contributed by atoms with van der Waals surface area (Å²) in [5, 5.41) is 9.20. The van der Waals surface area contributed by atoms with E-state index < -0.39 is 34.1 Å². The van der Waals surface area contributed by atoms with Crippen LogP contribution in [0.5, 0.6) is 5.75 Å². The Morgan fingerprint density at radius 2 is 2.00 bits per heavy atom. The van der Waals surface area contributed by atoms with Crippen LogP contribution in [0.1, 0.15) is 12.8 Å².